The highest BCUT2D eigenvalue weighted by Gasteiger charge is 2.33. The van der Waals surface area contributed by atoms with Crippen LogP contribution in [0.2, 0.25) is 0 Å². The molecule has 0 aromatic heterocycles. The van der Waals surface area contributed by atoms with Crippen LogP contribution in [0.1, 0.15) is 6.92 Å². The van der Waals surface area contributed by atoms with Crippen molar-refractivity contribution in [2.24, 2.45) is 5.73 Å². The maximum absolute atomic E-state index is 11.5. The molecular weight excluding hydrogens is 272 g/mol. The average Bonchev–Trinajstić information content (AvgIpc) is 2.47. The van der Waals surface area contributed by atoms with Crippen molar-refractivity contribution in [2.75, 3.05) is 33.4 Å². The summed E-state index contributed by atoms with van der Waals surface area (Å²) in [6.45, 7) is 4.20. The summed E-state index contributed by atoms with van der Waals surface area (Å²) in [5.74, 6) is 1.02. The minimum Gasteiger partial charge on any atom is -0.493 e. The Balaban J connectivity index is 1.91. The van der Waals surface area contributed by atoms with Gasteiger partial charge in [-0.3, -0.25) is 9.69 Å². The fraction of sp³-hybridized carbons (Fsp3) is 0.533. The van der Waals surface area contributed by atoms with Crippen molar-refractivity contribution in [2.45, 2.75) is 19.1 Å². The maximum Gasteiger partial charge on any atom is 0.237 e. The molecule has 1 aromatic carbocycles. The highest BCUT2D eigenvalue weighted by Crippen LogP contribution is 2.25. The lowest BCUT2D eigenvalue weighted by Crippen LogP contribution is -2.57. The van der Waals surface area contributed by atoms with Gasteiger partial charge in [-0.2, -0.15) is 0 Å². The Kier molecular flexibility index (Phi) is 5.41. The van der Waals surface area contributed by atoms with Crippen LogP contribution in [0.15, 0.2) is 24.3 Å². The number of hydrogen-bond acceptors (Lipinski definition) is 5. The van der Waals surface area contributed by atoms with Crippen molar-refractivity contribution >= 4 is 5.91 Å². The smallest absolute Gasteiger partial charge is 0.237 e. The Morgan fingerprint density at radius 3 is 2.81 bits per heavy atom. The second-order valence-corrected chi connectivity index (χ2v) is 4.96. The molecule has 0 unspecified atom stereocenters. The molecule has 0 saturated carbocycles. The number of amides is 1. The first kappa shape index (κ1) is 15.6. The molecule has 0 spiro atoms. The SMILES string of the molecule is COc1ccccc1OCCN1CCO[C@H](C)[C@H]1C(N)=O. The quantitative estimate of drug-likeness (QED) is 0.834. The third-order valence-corrected chi connectivity index (χ3v) is 3.59. The summed E-state index contributed by atoms with van der Waals surface area (Å²) < 4.78 is 16.4. The van der Waals surface area contributed by atoms with E-state index in [0.29, 0.717) is 37.8 Å². The first-order chi connectivity index (χ1) is 10.1. The van der Waals surface area contributed by atoms with E-state index in [1.165, 1.54) is 0 Å². The summed E-state index contributed by atoms with van der Waals surface area (Å²) in [4.78, 5) is 13.6. The maximum atomic E-state index is 11.5. The minimum absolute atomic E-state index is 0.192. The van der Waals surface area contributed by atoms with Crippen LogP contribution in [-0.2, 0) is 9.53 Å². The van der Waals surface area contributed by atoms with Gasteiger partial charge in [-0.1, -0.05) is 12.1 Å². The molecule has 0 bridgehead atoms. The van der Waals surface area contributed by atoms with Crippen LogP contribution in [-0.4, -0.2) is 56.4 Å². The number of nitrogens with two attached hydrogens (primary N) is 1. The number of carbonyl (C=O) groups excluding carboxylic acids is 1. The average molecular weight is 294 g/mol. The van der Waals surface area contributed by atoms with Gasteiger partial charge in [0.25, 0.3) is 0 Å². The molecule has 6 nitrogen and oxygen atoms in total. The first-order valence-corrected chi connectivity index (χ1v) is 7.04. The van der Waals surface area contributed by atoms with Gasteiger partial charge >= 0.3 is 0 Å². The van der Waals surface area contributed by atoms with E-state index in [-0.39, 0.29) is 12.0 Å². The molecule has 2 N–H and O–H groups in total. The number of para-hydroxylation sites is 2. The lowest BCUT2D eigenvalue weighted by atomic mass is 10.1. The molecule has 0 radical (unpaired) electrons. The van der Waals surface area contributed by atoms with E-state index in [2.05, 4.69) is 0 Å². The number of primary amides is 1. The predicted molar refractivity (Wildman–Crippen MR) is 78.5 cm³/mol. The highest BCUT2D eigenvalue weighted by molar-refractivity contribution is 5.80. The van der Waals surface area contributed by atoms with E-state index in [9.17, 15) is 4.79 Å². The van der Waals surface area contributed by atoms with Gasteiger partial charge in [-0.05, 0) is 19.1 Å². The lowest BCUT2D eigenvalue weighted by Gasteiger charge is -2.37. The van der Waals surface area contributed by atoms with Gasteiger partial charge in [0.05, 0.1) is 19.8 Å². The minimum atomic E-state index is -0.403. The zero-order valence-corrected chi connectivity index (χ0v) is 12.5. The summed E-state index contributed by atoms with van der Waals surface area (Å²) >= 11 is 0. The number of hydrogen-bond donors (Lipinski definition) is 1. The molecule has 1 aromatic rings. The molecule has 1 aliphatic rings. The van der Waals surface area contributed by atoms with Crippen LogP contribution in [0.5, 0.6) is 11.5 Å². The fourth-order valence-corrected chi connectivity index (χ4v) is 2.56. The summed E-state index contributed by atoms with van der Waals surface area (Å²) in [6.07, 6.45) is -0.192. The second kappa shape index (κ2) is 7.28. The Labute approximate surface area is 124 Å². The molecular formula is C15H22N2O4. The molecule has 2 atom stereocenters. The van der Waals surface area contributed by atoms with E-state index in [4.69, 9.17) is 19.9 Å². The van der Waals surface area contributed by atoms with Crippen LogP contribution >= 0.6 is 0 Å². The molecule has 1 heterocycles. The van der Waals surface area contributed by atoms with Crippen molar-refractivity contribution < 1.29 is 19.0 Å². The van der Waals surface area contributed by atoms with Gasteiger partial charge in [0, 0.05) is 13.1 Å². The van der Waals surface area contributed by atoms with Crippen LogP contribution in [0.4, 0.5) is 0 Å². The number of benzene rings is 1. The van der Waals surface area contributed by atoms with Gasteiger partial charge in [0.15, 0.2) is 11.5 Å². The molecule has 6 heteroatoms. The Morgan fingerprint density at radius 1 is 1.43 bits per heavy atom. The number of methoxy groups -OCH3 is 1. The third kappa shape index (κ3) is 3.86. The van der Waals surface area contributed by atoms with E-state index >= 15 is 0 Å². The summed E-state index contributed by atoms with van der Waals surface area (Å²) in [6, 6.07) is 7.07. The molecule has 0 aliphatic carbocycles. The first-order valence-electron chi connectivity index (χ1n) is 7.04. The molecule has 116 valence electrons. The lowest BCUT2D eigenvalue weighted by molar-refractivity contribution is -0.136. The normalized spacial score (nSPS) is 22.8. The zero-order chi connectivity index (χ0) is 15.2. The monoisotopic (exact) mass is 294 g/mol. The van der Waals surface area contributed by atoms with Gasteiger partial charge < -0.3 is 19.9 Å². The second-order valence-electron chi connectivity index (χ2n) is 4.96. The topological polar surface area (TPSA) is 74.0 Å². The molecule has 2 rings (SSSR count). The number of carbonyl (C=O) groups is 1. The number of morpholine rings is 1. The summed E-state index contributed by atoms with van der Waals surface area (Å²) in [5, 5.41) is 0. The van der Waals surface area contributed by atoms with Gasteiger partial charge in [-0.25, -0.2) is 0 Å². The Bertz CT molecular complexity index is 480. The number of nitrogens with zero attached hydrogens (tertiary/aromatic N) is 1. The summed E-state index contributed by atoms with van der Waals surface area (Å²) in [7, 11) is 1.61. The van der Waals surface area contributed by atoms with E-state index in [1.54, 1.807) is 7.11 Å². The predicted octanol–water partition coefficient (Wildman–Crippen LogP) is 0.649. The molecule has 1 saturated heterocycles. The molecule has 21 heavy (non-hydrogen) atoms. The molecule has 1 aliphatic heterocycles. The van der Waals surface area contributed by atoms with Crippen LogP contribution in [0.3, 0.4) is 0 Å². The van der Waals surface area contributed by atoms with Gasteiger partial charge in [0.1, 0.15) is 12.6 Å². The van der Waals surface area contributed by atoms with Crippen molar-refractivity contribution in [3.8, 4) is 11.5 Å². The number of rotatable bonds is 6. The van der Waals surface area contributed by atoms with Crippen molar-refractivity contribution in [1.82, 2.24) is 4.90 Å². The van der Waals surface area contributed by atoms with Gasteiger partial charge in [-0.15, -0.1) is 0 Å². The highest BCUT2D eigenvalue weighted by atomic mass is 16.5. The molecule has 1 amide bonds. The van der Waals surface area contributed by atoms with Crippen molar-refractivity contribution in [3.05, 3.63) is 24.3 Å². The summed E-state index contributed by atoms with van der Waals surface area (Å²) in [5.41, 5.74) is 5.46. The number of ether oxygens (including phenoxy) is 3. The van der Waals surface area contributed by atoms with Crippen molar-refractivity contribution in [3.63, 3.8) is 0 Å². The van der Waals surface area contributed by atoms with Crippen molar-refractivity contribution in [1.29, 1.82) is 0 Å². The standard InChI is InChI=1S/C15H22N2O4/c1-11-14(15(16)18)17(7-9-20-11)8-10-21-13-6-4-3-5-12(13)19-2/h3-6,11,14H,7-10H2,1-2H3,(H2,16,18)/t11-,14+/m1/s1. The van der Waals surface area contributed by atoms with E-state index in [0.717, 1.165) is 0 Å². The Hall–Kier alpha value is -1.79. The molecule has 1 fully saturated rings. The van der Waals surface area contributed by atoms with Gasteiger partial charge in [0.2, 0.25) is 5.91 Å². The Morgan fingerprint density at radius 2 is 2.14 bits per heavy atom. The van der Waals surface area contributed by atoms with Crippen LogP contribution in [0, 0.1) is 0 Å². The fourth-order valence-electron chi connectivity index (χ4n) is 2.56. The third-order valence-electron chi connectivity index (χ3n) is 3.59. The van der Waals surface area contributed by atoms with Crippen LogP contribution in [0.25, 0.3) is 0 Å². The zero-order valence-electron chi connectivity index (χ0n) is 12.5. The van der Waals surface area contributed by atoms with Crippen LogP contribution < -0.4 is 15.2 Å². The largest absolute Gasteiger partial charge is 0.493 e. The van der Waals surface area contributed by atoms with E-state index < -0.39 is 6.04 Å². The van der Waals surface area contributed by atoms with E-state index in [1.807, 2.05) is 36.1 Å².